The Morgan fingerprint density at radius 1 is 1.23 bits per heavy atom. The first kappa shape index (κ1) is 15.6. The molecule has 5 heteroatoms. The molecule has 0 aromatic heterocycles. The maximum atomic E-state index is 11.3. The molecule has 0 aliphatic carbocycles. The number of primary amides is 1. The van der Waals surface area contributed by atoms with Crippen LogP contribution in [0.3, 0.4) is 0 Å². The van der Waals surface area contributed by atoms with Gasteiger partial charge in [-0.15, -0.1) is 0 Å². The second-order valence-corrected chi connectivity index (χ2v) is 5.15. The zero-order valence-corrected chi connectivity index (χ0v) is 12.8. The van der Waals surface area contributed by atoms with Gasteiger partial charge in [0.2, 0.25) is 0 Å². The number of amides is 1. The van der Waals surface area contributed by atoms with Gasteiger partial charge in [-0.3, -0.25) is 10.2 Å². The Labute approximate surface area is 129 Å². The largest absolute Gasteiger partial charge is 0.507 e. The molecule has 2 rings (SSSR count). The highest BCUT2D eigenvalue weighted by atomic mass is 16.3. The van der Waals surface area contributed by atoms with Crippen LogP contribution in [0.5, 0.6) is 5.75 Å². The van der Waals surface area contributed by atoms with Crippen molar-refractivity contribution in [3.8, 4) is 5.75 Å². The van der Waals surface area contributed by atoms with E-state index in [2.05, 4.69) is 10.5 Å². The second kappa shape index (κ2) is 6.30. The van der Waals surface area contributed by atoms with Gasteiger partial charge in [-0.1, -0.05) is 12.1 Å². The lowest BCUT2D eigenvalue weighted by atomic mass is 10.1. The molecule has 0 bridgehead atoms. The number of hydrogen-bond donors (Lipinski definition) is 3. The number of phenols is 1. The minimum absolute atomic E-state index is 0.0822. The number of anilines is 1. The molecule has 0 spiro atoms. The van der Waals surface area contributed by atoms with Crippen molar-refractivity contribution in [3.05, 3.63) is 58.7 Å². The monoisotopic (exact) mass is 297 g/mol. The van der Waals surface area contributed by atoms with E-state index in [-0.39, 0.29) is 11.3 Å². The summed E-state index contributed by atoms with van der Waals surface area (Å²) in [7, 11) is 0. The van der Waals surface area contributed by atoms with E-state index in [0.29, 0.717) is 11.3 Å². The Balaban J connectivity index is 2.28. The number of benzene rings is 2. The number of hydrogen-bond acceptors (Lipinski definition) is 4. The molecule has 2 aromatic carbocycles. The van der Waals surface area contributed by atoms with Crippen LogP contribution in [-0.4, -0.2) is 16.7 Å². The van der Waals surface area contributed by atoms with Gasteiger partial charge in [-0.2, -0.15) is 5.10 Å². The van der Waals surface area contributed by atoms with Gasteiger partial charge in [0.1, 0.15) is 5.75 Å². The van der Waals surface area contributed by atoms with Crippen molar-refractivity contribution in [1.82, 2.24) is 0 Å². The third-order valence-electron chi connectivity index (χ3n) is 3.63. The van der Waals surface area contributed by atoms with Crippen LogP contribution in [0.4, 0.5) is 5.69 Å². The van der Waals surface area contributed by atoms with E-state index < -0.39 is 5.91 Å². The number of aryl methyl sites for hydroxylation is 1. The van der Waals surface area contributed by atoms with Crippen molar-refractivity contribution in [2.24, 2.45) is 10.8 Å². The number of nitrogens with zero attached hydrogens (tertiary/aromatic N) is 1. The van der Waals surface area contributed by atoms with E-state index in [9.17, 15) is 9.90 Å². The Morgan fingerprint density at radius 2 is 1.95 bits per heavy atom. The van der Waals surface area contributed by atoms with Crippen LogP contribution in [0, 0.1) is 13.8 Å². The average Bonchev–Trinajstić information content (AvgIpc) is 2.48. The molecule has 0 aliphatic rings. The van der Waals surface area contributed by atoms with Gasteiger partial charge in [-0.05, 0) is 61.7 Å². The number of carbonyl (C=O) groups is 1. The molecule has 1 amide bonds. The molecular weight excluding hydrogens is 278 g/mol. The predicted molar refractivity (Wildman–Crippen MR) is 88.4 cm³/mol. The van der Waals surface area contributed by atoms with Crippen LogP contribution in [-0.2, 0) is 0 Å². The summed E-state index contributed by atoms with van der Waals surface area (Å²) in [4.78, 5) is 11.3. The number of hydrazone groups is 1. The van der Waals surface area contributed by atoms with Crippen LogP contribution in [0.1, 0.15) is 34.0 Å². The molecule has 0 fully saturated rings. The Bertz CT molecular complexity index is 752. The summed E-state index contributed by atoms with van der Waals surface area (Å²) in [6, 6.07) is 10.6. The fraction of sp³-hybridized carbons (Fsp3) is 0.176. The first-order chi connectivity index (χ1) is 10.4. The first-order valence-corrected chi connectivity index (χ1v) is 6.90. The number of aromatic hydroxyl groups is 1. The van der Waals surface area contributed by atoms with Crippen molar-refractivity contribution in [3.63, 3.8) is 0 Å². The van der Waals surface area contributed by atoms with Crippen LogP contribution in [0.2, 0.25) is 0 Å². The molecule has 0 radical (unpaired) electrons. The summed E-state index contributed by atoms with van der Waals surface area (Å²) in [5, 5.41) is 13.9. The van der Waals surface area contributed by atoms with Crippen LogP contribution in [0.15, 0.2) is 41.5 Å². The Kier molecular flexibility index (Phi) is 4.46. The highest BCUT2D eigenvalue weighted by Gasteiger charge is 2.09. The van der Waals surface area contributed by atoms with Gasteiger partial charge in [0.25, 0.3) is 5.91 Å². The molecule has 0 aliphatic heterocycles. The zero-order valence-electron chi connectivity index (χ0n) is 12.8. The van der Waals surface area contributed by atoms with E-state index in [4.69, 9.17) is 5.73 Å². The zero-order chi connectivity index (χ0) is 16.3. The van der Waals surface area contributed by atoms with Gasteiger partial charge < -0.3 is 10.8 Å². The quantitative estimate of drug-likeness (QED) is 0.599. The minimum atomic E-state index is -0.672. The normalized spacial score (nSPS) is 11.3. The number of nitrogens with one attached hydrogen (secondary N) is 1. The molecule has 0 saturated heterocycles. The smallest absolute Gasteiger partial charge is 0.252 e. The number of nitrogens with two attached hydrogens (primary N) is 1. The van der Waals surface area contributed by atoms with E-state index in [1.54, 1.807) is 6.07 Å². The highest BCUT2D eigenvalue weighted by molar-refractivity contribution is 6.03. The van der Waals surface area contributed by atoms with Crippen molar-refractivity contribution >= 4 is 17.3 Å². The van der Waals surface area contributed by atoms with Gasteiger partial charge in [0, 0.05) is 0 Å². The second-order valence-electron chi connectivity index (χ2n) is 5.15. The third kappa shape index (κ3) is 3.25. The van der Waals surface area contributed by atoms with E-state index in [1.165, 1.54) is 17.7 Å². The van der Waals surface area contributed by atoms with Gasteiger partial charge in [0.15, 0.2) is 0 Å². The molecule has 0 heterocycles. The van der Waals surface area contributed by atoms with Gasteiger partial charge >= 0.3 is 0 Å². The highest BCUT2D eigenvalue weighted by Crippen LogP contribution is 2.20. The van der Waals surface area contributed by atoms with Crippen molar-refractivity contribution < 1.29 is 9.90 Å². The predicted octanol–water partition coefficient (Wildman–Crippen LogP) is 2.94. The topological polar surface area (TPSA) is 87.7 Å². The molecule has 5 nitrogen and oxygen atoms in total. The van der Waals surface area contributed by atoms with Crippen LogP contribution < -0.4 is 11.2 Å². The fourth-order valence-electron chi connectivity index (χ4n) is 2.04. The summed E-state index contributed by atoms with van der Waals surface area (Å²) in [5.74, 6) is -0.804. The van der Waals surface area contributed by atoms with Crippen LogP contribution >= 0.6 is 0 Å². The lowest BCUT2D eigenvalue weighted by molar-refractivity contribution is 0.0998. The maximum Gasteiger partial charge on any atom is 0.252 e. The summed E-state index contributed by atoms with van der Waals surface area (Å²) in [6.07, 6.45) is 0. The SMILES string of the molecule is C/C(=N/Nc1cccc(C)c1C)c1ccc(O)c(C(N)=O)c1. The van der Waals surface area contributed by atoms with E-state index in [0.717, 1.165) is 11.3 Å². The first-order valence-electron chi connectivity index (χ1n) is 6.90. The Hall–Kier alpha value is -2.82. The molecule has 22 heavy (non-hydrogen) atoms. The number of carbonyl (C=O) groups excluding carboxylic acids is 1. The Morgan fingerprint density at radius 3 is 2.64 bits per heavy atom. The summed E-state index contributed by atoms with van der Waals surface area (Å²) in [6.45, 7) is 5.87. The molecule has 0 unspecified atom stereocenters. The van der Waals surface area contributed by atoms with Crippen molar-refractivity contribution in [2.45, 2.75) is 20.8 Å². The van der Waals surface area contributed by atoms with E-state index >= 15 is 0 Å². The summed E-state index contributed by atoms with van der Waals surface area (Å²) >= 11 is 0. The summed E-state index contributed by atoms with van der Waals surface area (Å²) < 4.78 is 0. The molecule has 2 aromatic rings. The average molecular weight is 297 g/mol. The number of rotatable bonds is 4. The molecule has 114 valence electrons. The molecular formula is C17H19N3O2. The summed E-state index contributed by atoms with van der Waals surface area (Å²) in [5.41, 5.74) is 13.0. The van der Waals surface area contributed by atoms with Crippen LogP contribution in [0.25, 0.3) is 0 Å². The maximum absolute atomic E-state index is 11.3. The standard InChI is InChI=1S/C17H19N3O2/c1-10-5-4-6-15(11(10)2)20-19-12(3)13-7-8-16(21)14(9-13)17(18)22/h4-9,20-21H,1-3H3,(H2,18,22)/b19-12-. The van der Waals surface area contributed by atoms with Gasteiger partial charge in [-0.25, -0.2) is 0 Å². The molecule has 4 N–H and O–H groups in total. The van der Waals surface area contributed by atoms with E-state index in [1.807, 2.05) is 39.0 Å². The fourth-order valence-corrected chi connectivity index (χ4v) is 2.04. The molecule has 0 atom stereocenters. The minimum Gasteiger partial charge on any atom is -0.507 e. The lowest BCUT2D eigenvalue weighted by Gasteiger charge is -2.09. The van der Waals surface area contributed by atoms with Crippen molar-refractivity contribution in [1.29, 1.82) is 0 Å². The molecule has 0 saturated carbocycles. The third-order valence-corrected chi connectivity index (χ3v) is 3.63. The van der Waals surface area contributed by atoms with Gasteiger partial charge in [0.05, 0.1) is 17.0 Å². The lowest BCUT2D eigenvalue weighted by Crippen LogP contribution is -2.12. The van der Waals surface area contributed by atoms with Crippen molar-refractivity contribution in [2.75, 3.05) is 5.43 Å².